The molecule has 1 unspecified atom stereocenters. The lowest BCUT2D eigenvalue weighted by atomic mass is 9.88. The van der Waals surface area contributed by atoms with Gasteiger partial charge in [0, 0.05) is 7.05 Å². The number of carbonyl (C=O) groups is 3. The average molecular weight is 301 g/mol. The van der Waals surface area contributed by atoms with Crippen LogP contribution in [-0.4, -0.2) is 47.8 Å². The molecule has 1 aliphatic carbocycles. The highest BCUT2D eigenvalue weighted by Crippen LogP contribution is 2.29. The first-order valence-electron chi connectivity index (χ1n) is 7.49. The second-order valence-electron chi connectivity index (χ2n) is 5.83. The number of imide groups is 1. The Morgan fingerprint density at radius 2 is 2.09 bits per heavy atom. The molecule has 0 bridgehead atoms. The summed E-state index contributed by atoms with van der Waals surface area (Å²) in [4.78, 5) is 38.0. The molecular formula is C16H19N3O3. The molecule has 3 rings (SSSR count). The van der Waals surface area contributed by atoms with Gasteiger partial charge in [-0.2, -0.15) is 0 Å². The molecule has 1 aliphatic heterocycles. The number of aryl methyl sites for hydroxylation is 1. The van der Waals surface area contributed by atoms with Crippen molar-refractivity contribution in [1.29, 1.82) is 0 Å². The maximum Gasteiger partial charge on any atom is 0.327 e. The van der Waals surface area contributed by atoms with E-state index < -0.39 is 6.03 Å². The number of fused-ring (bicyclic) bond motifs is 1. The minimum absolute atomic E-state index is 0.0389. The van der Waals surface area contributed by atoms with Gasteiger partial charge in [0.2, 0.25) is 5.91 Å². The summed E-state index contributed by atoms with van der Waals surface area (Å²) in [6.45, 7) is -0.168. The van der Waals surface area contributed by atoms with Gasteiger partial charge < -0.3 is 10.2 Å². The number of amides is 4. The number of benzene rings is 1. The highest BCUT2D eigenvalue weighted by Gasteiger charge is 2.35. The number of likely N-dealkylation sites (N-methyl/N-ethyl adjacent to an activating group) is 1. The van der Waals surface area contributed by atoms with Gasteiger partial charge in [-0.25, -0.2) is 4.79 Å². The first-order valence-corrected chi connectivity index (χ1v) is 7.49. The second-order valence-corrected chi connectivity index (χ2v) is 5.83. The lowest BCUT2D eigenvalue weighted by Gasteiger charge is -2.27. The quantitative estimate of drug-likeness (QED) is 0.849. The molecule has 22 heavy (non-hydrogen) atoms. The van der Waals surface area contributed by atoms with Crippen molar-refractivity contribution < 1.29 is 14.4 Å². The summed E-state index contributed by atoms with van der Waals surface area (Å²) in [5.74, 6) is -0.620. The summed E-state index contributed by atoms with van der Waals surface area (Å²) in [7, 11) is 1.55. The number of hydrogen-bond donors (Lipinski definition) is 1. The lowest BCUT2D eigenvalue weighted by Crippen LogP contribution is -2.42. The van der Waals surface area contributed by atoms with Crippen LogP contribution in [0.4, 0.5) is 4.79 Å². The van der Waals surface area contributed by atoms with Crippen molar-refractivity contribution in [2.75, 3.05) is 20.1 Å². The average Bonchev–Trinajstić information content (AvgIpc) is 2.74. The molecule has 1 atom stereocenters. The van der Waals surface area contributed by atoms with Gasteiger partial charge in [-0.05, 0) is 30.4 Å². The van der Waals surface area contributed by atoms with Gasteiger partial charge in [-0.15, -0.1) is 0 Å². The van der Waals surface area contributed by atoms with Crippen LogP contribution in [0.5, 0.6) is 0 Å². The third-order valence-electron chi connectivity index (χ3n) is 4.24. The van der Waals surface area contributed by atoms with E-state index in [1.807, 2.05) is 18.2 Å². The smallest absolute Gasteiger partial charge is 0.327 e. The van der Waals surface area contributed by atoms with Crippen LogP contribution in [0, 0.1) is 0 Å². The van der Waals surface area contributed by atoms with Crippen LogP contribution in [0.3, 0.4) is 0 Å². The van der Waals surface area contributed by atoms with Gasteiger partial charge in [0.1, 0.15) is 13.1 Å². The van der Waals surface area contributed by atoms with Crippen LogP contribution in [-0.2, 0) is 16.0 Å². The highest BCUT2D eigenvalue weighted by molar-refractivity contribution is 6.04. The molecule has 1 aromatic rings. The Labute approximate surface area is 129 Å². The van der Waals surface area contributed by atoms with Gasteiger partial charge in [0.15, 0.2) is 0 Å². The monoisotopic (exact) mass is 301 g/mol. The Morgan fingerprint density at radius 3 is 2.82 bits per heavy atom. The van der Waals surface area contributed by atoms with Gasteiger partial charge in [-0.1, -0.05) is 24.3 Å². The molecule has 1 N–H and O–H groups in total. The minimum Gasteiger partial charge on any atom is -0.348 e. The molecule has 1 heterocycles. The predicted molar refractivity (Wildman–Crippen MR) is 80.0 cm³/mol. The first-order chi connectivity index (χ1) is 10.6. The van der Waals surface area contributed by atoms with Gasteiger partial charge in [0.05, 0.1) is 6.04 Å². The molecular weight excluding hydrogens is 282 g/mol. The van der Waals surface area contributed by atoms with Crippen molar-refractivity contribution in [3.8, 4) is 0 Å². The molecule has 1 fully saturated rings. The summed E-state index contributed by atoms with van der Waals surface area (Å²) in [6.07, 6.45) is 2.92. The third-order valence-corrected chi connectivity index (χ3v) is 4.24. The molecule has 0 spiro atoms. The van der Waals surface area contributed by atoms with E-state index in [9.17, 15) is 14.4 Å². The van der Waals surface area contributed by atoms with Crippen molar-refractivity contribution in [3.63, 3.8) is 0 Å². The van der Waals surface area contributed by atoms with Crippen LogP contribution >= 0.6 is 0 Å². The van der Waals surface area contributed by atoms with E-state index in [1.54, 1.807) is 7.05 Å². The van der Waals surface area contributed by atoms with Crippen LogP contribution in [0.25, 0.3) is 0 Å². The summed E-state index contributed by atoms with van der Waals surface area (Å²) < 4.78 is 0. The summed E-state index contributed by atoms with van der Waals surface area (Å²) >= 11 is 0. The standard InChI is InChI=1S/C16H19N3O3/c1-18-10-15(21)19(16(18)22)9-14(20)17-13-8-4-6-11-5-2-3-7-12(11)13/h2-3,5,7,13H,4,6,8-10H2,1H3,(H,17,20). The predicted octanol–water partition coefficient (Wildman–Crippen LogP) is 1.07. The summed E-state index contributed by atoms with van der Waals surface area (Å²) in [6, 6.07) is 7.62. The molecule has 6 heteroatoms. The molecule has 0 aromatic heterocycles. The third kappa shape index (κ3) is 2.68. The number of urea groups is 1. The zero-order chi connectivity index (χ0) is 15.7. The first kappa shape index (κ1) is 14.6. The largest absolute Gasteiger partial charge is 0.348 e. The van der Waals surface area contributed by atoms with Crippen LogP contribution in [0.2, 0.25) is 0 Å². The SMILES string of the molecule is CN1CC(=O)N(CC(=O)NC2CCCc3ccccc32)C1=O. The maximum absolute atomic E-state index is 12.2. The van der Waals surface area contributed by atoms with E-state index >= 15 is 0 Å². The van der Waals surface area contributed by atoms with Gasteiger partial charge >= 0.3 is 6.03 Å². The Bertz CT molecular complexity index is 629. The van der Waals surface area contributed by atoms with Gasteiger partial charge in [-0.3, -0.25) is 14.5 Å². The number of rotatable bonds is 3. The number of nitrogens with zero attached hydrogens (tertiary/aromatic N) is 2. The fourth-order valence-corrected chi connectivity index (χ4v) is 3.11. The molecule has 6 nitrogen and oxygen atoms in total. The Kier molecular flexibility index (Phi) is 3.83. The Morgan fingerprint density at radius 1 is 1.32 bits per heavy atom. The summed E-state index contributed by atoms with van der Waals surface area (Å²) in [5, 5.41) is 2.95. The molecule has 0 saturated carbocycles. The fourth-order valence-electron chi connectivity index (χ4n) is 3.11. The lowest BCUT2D eigenvalue weighted by molar-refractivity contribution is -0.131. The molecule has 1 aromatic carbocycles. The minimum atomic E-state index is -0.413. The van der Waals surface area contributed by atoms with Crippen LogP contribution in [0.15, 0.2) is 24.3 Å². The van der Waals surface area contributed by atoms with E-state index in [0.717, 1.165) is 29.7 Å². The zero-order valence-electron chi connectivity index (χ0n) is 12.5. The Hall–Kier alpha value is -2.37. The number of nitrogens with one attached hydrogen (secondary N) is 1. The Balaban J connectivity index is 1.66. The van der Waals surface area contributed by atoms with Crippen molar-refractivity contribution in [2.45, 2.75) is 25.3 Å². The maximum atomic E-state index is 12.2. The van der Waals surface area contributed by atoms with E-state index in [-0.39, 0.29) is 30.9 Å². The number of hydrogen-bond acceptors (Lipinski definition) is 3. The van der Waals surface area contributed by atoms with E-state index in [2.05, 4.69) is 11.4 Å². The fraction of sp³-hybridized carbons (Fsp3) is 0.438. The molecule has 116 valence electrons. The van der Waals surface area contributed by atoms with E-state index in [4.69, 9.17) is 0 Å². The van der Waals surface area contributed by atoms with Gasteiger partial charge in [0.25, 0.3) is 5.91 Å². The van der Waals surface area contributed by atoms with Crippen molar-refractivity contribution >= 4 is 17.8 Å². The molecule has 4 amide bonds. The molecule has 0 radical (unpaired) electrons. The summed E-state index contributed by atoms with van der Waals surface area (Å²) in [5.41, 5.74) is 2.39. The van der Waals surface area contributed by atoms with Crippen LogP contribution in [0.1, 0.15) is 30.0 Å². The van der Waals surface area contributed by atoms with E-state index in [1.165, 1.54) is 10.5 Å². The highest BCUT2D eigenvalue weighted by atomic mass is 16.2. The molecule has 2 aliphatic rings. The second kappa shape index (κ2) is 5.79. The van der Waals surface area contributed by atoms with Crippen molar-refractivity contribution in [2.24, 2.45) is 0 Å². The van der Waals surface area contributed by atoms with Crippen molar-refractivity contribution in [1.82, 2.24) is 15.1 Å². The normalized spacial score (nSPS) is 21.0. The topological polar surface area (TPSA) is 69.7 Å². The van der Waals surface area contributed by atoms with Crippen LogP contribution < -0.4 is 5.32 Å². The zero-order valence-corrected chi connectivity index (χ0v) is 12.5. The van der Waals surface area contributed by atoms with Crippen molar-refractivity contribution in [3.05, 3.63) is 35.4 Å². The molecule has 1 saturated heterocycles. The number of carbonyl (C=O) groups excluding carboxylic acids is 3. The van der Waals surface area contributed by atoms with E-state index in [0.29, 0.717) is 0 Å².